The Morgan fingerprint density at radius 3 is 2.68 bits per heavy atom. The van der Waals surface area contributed by atoms with E-state index < -0.39 is 0 Å². The Morgan fingerprint density at radius 1 is 1.12 bits per heavy atom. The first kappa shape index (κ1) is 15.8. The predicted molar refractivity (Wildman–Crippen MR) is 95.4 cm³/mol. The van der Waals surface area contributed by atoms with Gasteiger partial charge < -0.3 is 9.80 Å². The van der Waals surface area contributed by atoms with Crippen molar-refractivity contribution in [1.29, 1.82) is 0 Å². The van der Waals surface area contributed by atoms with E-state index in [1.54, 1.807) is 24.2 Å². The molecule has 0 bridgehead atoms. The zero-order valence-electron chi connectivity index (χ0n) is 14.3. The lowest BCUT2D eigenvalue weighted by Gasteiger charge is -2.25. The molecule has 128 valence electrons. The van der Waals surface area contributed by atoms with Gasteiger partial charge in [-0.05, 0) is 60.7 Å². The second-order valence-corrected chi connectivity index (χ2v) is 6.70. The number of anilines is 1. The summed E-state index contributed by atoms with van der Waals surface area (Å²) in [5, 5.41) is 0. The van der Waals surface area contributed by atoms with Crippen LogP contribution in [0.2, 0.25) is 0 Å². The maximum atomic E-state index is 13.1. The molecule has 5 heteroatoms. The van der Waals surface area contributed by atoms with Gasteiger partial charge in [-0.2, -0.15) is 0 Å². The molecule has 0 N–H and O–H groups in total. The van der Waals surface area contributed by atoms with E-state index in [9.17, 15) is 9.59 Å². The van der Waals surface area contributed by atoms with Crippen LogP contribution in [0.4, 0.5) is 5.69 Å². The molecule has 2 aliphatic heterocycles. The minimum Gasteiger partial charge on any atom is -0.332 e. The first-order valence-electron chi connectivity index (χ1n) is 8.77. The van der Waals surface area contributed by atoms with Crippen LogP contribution in [0.1, 0.15) is 47.3 Å². The van der Waals surface area contributed by atoms with Gasteiger partial charge in [-0.25, -0.2) is 0 Å². The van der Waals surface area contributed by atoms with Crippen molar-refractivity contribution < 1.29 is 9.59 Å². The molecule has 2 aromatic rings. The number of likely N-dealkylation sites (tertiary alicyclic amines) is 1. The molecule has 1 saturated heterocycles. The van der Waals surface area contributed by atoms with Gasteiger partial charge in [-0.3, -0.25) is 14.6 Å². The van der Waals surface area contributed by atoms with Crippen molar-refractivity contribution in [3.63, 3.8) is 0 Å². The molecule has 0 aliphatic carbocycles. The van der Waals surface area contributed by atoms with Gasteiger partial charge in [0.15, 0.2) is 0 Å². The highest BCUT2D eigenvalue weighted by molar-refractivity contribution is 5.98. The summed E-state index contributed by atoms with van der Waals surface area (Å²) in [7, 11) is 0. The smallest absolute Gasteiger partial charge is 0.254 e. The molecule has 0 spiro atoms. The Balaban J connectivity index is 1.60. The molecule has 0 saturated carbocycles. The quantitative estimate of drug-likeness (QED) is 0.848. The molecule has 4 rings (SSSR count). The Hall–Kier alpha value is -2.69. The fourth-order valence-electron chi connectivity index (χ4n) is 3.97. The van der Waals surface area contributed by atoms with Crippen molar-refractivity contribution in [1.82, 2.24) is 9.88 Å². The van der Waals surface area contributed by atoms with Gasteiger partial charge in [0, 0.05) is 43.7 Å². The number of pyridine rings is 1. The van der Waals surface area contributed by atoms with E-state index in [2.05, 4.69) is 4.98 Å². The number of hydrogen-bond donors (Lipinski definition) is 0. The first-order chi connectivity index (χ1) is 12.1. The fourth-order valence-corrected chi connectivity index (χ4v) is 3.97. The summed E-state index contributed by atoms with van der Waals surface area (Å²) in [6.07, 6.45) is 6.37. The minimum atomic E-state index is 0.0510. The Labute approximate surface area is 147 Å². The third kappa shape index (κ3) is 2.80. The highest BCUT2D eigenvalue weighted by Crippen LogP contribution is 2.34. The van der Waals surface area contributed by atoms with Crippen LogP contribution in [0.3, 0.4) is 0 Å². The number of fused-ring (bicyclic) bond motifs is 1. The van der Waals surface area contributed by atoms with Gasteiger partial charge in [-0.15, -0.1) is 0 Å². The zero-order valence-corrected chi connectivity index (χ0v) is 14.3. The summed E-state index contributed by atoms with van der Waals surface area (Å²) >= 11 is 0. The SMILES string of the molecule is CC(=O)N1CCc2cc(C(=O)N3CCCC3c3ccncc3)ccc21. The molecule has 2 amide bonds. The minimum absolute atomic E-state index is 0.0510. The van der Waals surface area contributed by atoms with Crippen molar-refractivity contribution in [3.8, 4) is 0 Å². The lowest BCUT2D eigenvalue weighted by Crippen LogP contribution is -2.30. The molecular weight excluding hydrogens is 314 g/mol. The Kier molecular flexibility index (Phi) is 3.99. The third-order valence-electron chi connectivity index (χ3n) is 5.21. The summed E-state index contributed by atoms with van der Waals surface area (Å²) in [6.45, 7) is 3.06. The summed E-state index contributed by atoms with van der Waals surface area (Å²) in [4.78, 5) is 32.6. The number of benzene rings is 1. The molecule has 1 atom stereocenters. The number of carbonyl (C=O) groups excluding carboxylic acids is 2. The molecule has 1 fully saturated rings. The van der Waals surface area contributed by atoms with Crippen molar-refractivity contribution >= 4 is 17.5 Å². The van der Waals surface area contributed by atoms with Crippen LogP contribution >= 0.6 is 0 Å². The van der Waals surface area contributed by atoms with Gasteiger partial charge in [0.2, 0.25) is 5.91 Å². The molecule has 2 aliphatic rings. The van der Waals surface area contributed by atoms with Crippen LogP contribution in [0, 0.1) is 0 Å². The monoisotopic (exact) mass is 335 g/mol. The maximum Gasteiger partial charge on any atom is 0.254 e. The molecule has 0 radical (unpaired) electrons. The second kappa shape index (κ2) is 6.31. The number of rotatable bonds is 2. The van der Waals surface area contributed by atoms with Crippen LogP contribution in [-0.2, 0) is 11.2 Å². The van der Waals surface area contributed by atoms with E-state index in [1.165, 1.54) is 0 Å². The Bertz CT molecular complexity index is 819. The number of nitrogens with zero attached hydrogens (tertiary/aromatic N) is 3. The summed E-state index contributed by atoms with van der Waals surface area (Å²) < 4.78 is 0. The molecule has 1 aromatic carbocycles. The van der Waals surface area contributed by atoms with Crippen LogP contribution in [-0.4, -0.2) is 34.8 Å². The van der Waals surface area contributed by atoms with Crippen LogP contribution in [0.15, 0.2) is 42.7 Å². The average molecular weight is 335 g/mol. The highest BCUT2D eigenvalue weighted by Gasteiger charge is 2.31. The normalized spacial score (nSPS) is 19.2. The summed E-state index contributed by atoms with van der Waals surface area (Å²) in [5.74, 6) is 0.124. The lowest BCUT2D eigenvalue weighted by molar-refractivity contribution is -0.116. The lowest BCUT2D eigenvalue weighted by atomic mass is 10.0. The van der Waals surface area contributed by atoms with E-state index >= 15 is 0 Å². The number of hydrogen-bond acceptors (Lipinski definition) is 3. The van der Waals surface area contributed by atoms with Gasteiger partial charge in [0.05, 0.1) is 6.04 Å². The van der Waals surface area contributed by atoms with E-state index in [-0.39, 0.29) is 17.9 Å². The van der Waals surface area contributed by atoms with Crippen molar-refractivity contribution in [3.05, 3.63) is 59.4 Å². The molecular formula is C20H21N3O2. The largest absolute Gasteiger partial charge is 0.332 e. The molecule has 25 heavy (non-hydrogen) atoms. The molecule has 1 aromatic heterocycles. The van der Waals surface area contributed by atoms with E-state index in [0.717, 1.165) is 42.6 Å². The summed E-state index contributed by atoms with van der Waals surface area (Å²) in [5.41, 5.74) is 3.88. The third-order valence-corrected chi connectivity index (χ3v) is 5.21. The van der Waals surface area contributed by atoms with Crippen LogP contribution < -0.4 is 4.90 Å². The molecule has 1 unspecified atom stereocenters. The maximum absolute atomic E-state index is 13.1. The summed E-state index contributed by atoms with van der Waals surface area (Å²) in [6, 6.07) is 9.83. The average Bonchev–Trinajstić information content (AvgIpc) is 3.28. The van der Waals surface area contributed by atoms with Gasteiger partial charge in [-0.1, -0.05) is 0 Å². The van der Waals surface area contributed by atoms with Crippen molar-refractivity contribution in [2.75, 3.05) is 18.0 Å². The standard InChI is InChI=1S/C20H21N3O2/c1-14(24)22-12-8-16-13-17(4-5-19(16)22)20(25)23-11-2-3-18(23)15-6-9-21-10-7-15/h4-7,9-10,13,18H,2-3,8,11-12H2,1H3. The van der Waals surface area contributed by atoms with E-state index in [1.807, 2.05) is 35.2 Å². The fraction of sp³-hybridized carbons (Fsp3) is 0.350. The van der Waals surface area contributed by atoms with Crippen molar-refractivity contribution in [2.24, 2.45) is 0 Å². The van der Waals surface area contributed by atoms with Gasteiger partial charge in [0.1, 0.15) is 0 Å². The number of aromatic nitrogens is 1. The second-order valence-electron chi connectivity index (χ2n) is 6.70. The van der Waals surface area contributed by atoms with Crippen LogP contribution in [0.25, 0.3) is 0 Å². The molecule has 5 nitrogen and oxygen atoms in total. The van der Waals surface area contributed by atoms with Crippen molar-refractivity contribution in [2.45, 2.75) is 32.2 Å². The highest BCUT2D eigenvalue weighted by atomic mass is 16.2. The topological polar surface area (TPSA) is 53.5 Å². The number of amides is 2. The first-order valence-corrected chi connectivity index (χ1v) is 8.77. The predicted octanol–water partition coefficient (Wildman–Crippen LogP) is 2.97. The van der Waals surface area contributed by atoms with E-state index in [0.29, 0.717) is 12.1 Å². The van der Waals surface area contributed by atoms with E-state index in [4.69, 9.17) is 0 Å². The number of carbonyl (C=O) groups is 2. The molecule has 3 heterocycles. The van der Waals surface area contributed by atoms with Crippen LogP contribution in [0.5, 0.6) is 0 Å². The van der Waals surface area contributed by atoms with Gasteiger partial charge in [0.25, 0.3) is 5.91 Å². The van der Waals surface area contributed by atoms with Gasteiger partial charge >= 0.3 is 0 Å². The Morgan fingerprint density at radius 2 is 1.92 bits per heavy atom. The zero-order chi connectivity index (χ0) is 17.4.